The molecule has 1 aliphatic heterocycles. The number of rotatable bonds is 7. The minimum absolute atomic E-state index is 0.271. The van der Waals surface area contributed by atoms with Crippen molar-refractivity contribution in [3.63, 3.8) is 0 Å². The first-order chi connectivity index (χ1) is 12.9. The van der Waals surface area contributed by atoms with Crippen LogP contribution in [0, 0.1) is 5.82 Å². The first-order valence-corrected chi connectivity index (χ1v) is 9.04. The van der Waals surface area contributed by atoms with E-state index in [1.54, 1.807) is 18.2 Å². The summed E-state index contributed by atoms with van der Waals surface area (Å²) < 4.78 is 18.7. The van der Waals surface area contributed by atoms with Crippen molar-refractivity contribution in [1.82, 2.24) is 9.80 Å². The zero-order valence-corrected chi connectivity index (χ0v) is 15.7. The van der Waals surface area contributed by atoms with Gasteiger partial charge in [0.25, 0.3) is 0 Å². The second-order valence-corrected chi connectivity index (χ2v) is 7.15. The van der Waals surface area contributed by atoms with E-state index in [0.717, 1.165) is 36.2 Å². The Hall–Kier alpha value is -2.44. The van der Waals surface area contributed by atoms with Crippen molar-refractivity contribution >= 4 is 5.97 Å². The van der Waals surface area contributed by atoms with Crippen molar-refractivity contribution in [3.05, 3.63) is 53.8 Å². The Morgan fingerprint density at radius 3 is 2.56 bits per heavy atom. The quantitative estimate of drug-likeness (QED) is 0.809. The summed E-state index contributed by atoms with van der Waals surface area (Å²) >= 11 is 0. The molecule has 1 aliphatic rings. The highest BCUT2D eigenvalue weighted by Crippen LogP contribution is 2.29. The lowest BCUT2D eigenvalue weighted by Crippen LogP contribution is -2.31. The van der Waals surface area contributed by atoms with Crippen LogP contribution in [0.3, 0.4) is 0 Å². The Morgan fingerprint density at radius 1 is 1.22 bits per heavy atom. The van der Waals surface area contributed by atoms with Gasteiger partial charge in [0.05, 0.1) is 0 Å². The maximum atomic E-state index is 13.2. The number of likely N-dealkylation sites (tertiary alicyclic amines) is 1. The van der Waals surface area contributed by atoms with E-state index in [1.807, 2.05) is 12.1 Å². The molecule has 1 saturated heterocycles. The van der Waals surface area contributed by atoms with Crippen molar-refractivity contribution < 1.29 is 19.0 Å². The molecule has 1 fully saturated rings. The summed E-state index contributed by atoms with van der Waals surface area (Å²) in [6.07, 6.45) is 1.11. The second-order valence-electron chi connectivity index (χ2n) is 7.15. The van der Waals surface area contributed by atoms with Gasteiger partial charge in [0.15, 0.2) is 6.61 Å². The largest absolute Gasteiger partial charge is 0.482 e. The summed E-state index contributed by atoms with van der Waals surface area (Å²) in [5.74, 6) is -0.693. The summed E-state index contributed by atoms with van der Waals surface area (Å²) in [6, 6.07) is 12.6. The second kappa shape index (κ2) is 8.50. The third-order valence-corrected chi connectivity index (χ3v) is 4.96. The van der Waals surface area contributed by atoms with Gasteiger partial charge < -0.3 is 14.7 Å². The van der Waals surface area contributed by atoms with E-state index in [2.05, 4.69) is 23.9 Å². The number of benzene rings is 2. The molecule has 27 heavy (non-hydrogen) atoms. The van der Waals surface area contributed by atoms with Crippen LogP contribution >= 0.6 is 0 Å². The van der Waals surface area contributed by atoms with Gasteiger partial charge in [-0.25, -0.2) is 9.18 Å². The lowest BCUT2D eigenvalue weighted by Gasteiger charge is -2.21. The molecule has 0 aromatic heterocycles. The standard InChI is InChI=1S/C21H25FN2O3/c1-23(2)19-9-10-24(13-19)12-17-11-16(15-3-6-18(22)7-4-15)5-8-20(17)27-14-21(25)26/h3-8,11,19H,9-10,12-14H2,1-2H3,(H,25,26)/t19-/m1/s1. The smallest absolute Gasteiger partial charge is 0.341 e. The molecular formula is C21H25FN2O3. The van der Waals surface area contributed by atoms with E-state index in [1.165, 1.54) is 12.1 Å². The summed E-state index contributed by atoms with van der Waals surface area (Å²) in [7, 11) is 4.18. The van der Waals surface area contributed by atoms with Crippen LogP contribution < -0.4 is 4.74 Å². The molecule has 0 saturated carbocycles. The lowest BCUT2D eigenvalue weighted by atomic mass is 10.0. The Bertz CT molecular complexity index is 793. The highest BCUT2D eigenvalue weighted by molar-refractivity contribution is 5.69. The zero-order chi connectivity index (χ0) is 19.4. The fourth-order valence-corrected chi connectivity index (χ4v) is 3.42. The van der Waals surface area contributed by atoms with Gasteiger partial charge in [-0.1, -0.05) is 18.2 Å². The molecule has 0 spiro atoms. The van der Waals surface area contributed by atoms with Gasteiger partial charge in [-0.2, -0.15) is 0 Å². The number of carbonyl (C=O) groups is 1. The number of halogens is 1. The van der Waals surface area contributed by atoms with Crippen molar-refractivity contribution in [2.75, 3.05) is 33.8 Å². The van der Waals surface area contributed by atoms with Gasteiger partial charge in [0, 0.05) is 31.2 Å². The Balaban J connectivity index is 1.84. The first-order valence-electron chi connectivity index (χ1n) is 9.04. The number of aliphatic carboxylic acids is 1. The molecule has 2 aromatic carbocycles. The number of likely N-dealkylation sites (N-methyl/N-ethyl adjacent to an activating group) is 1. The highest BCUT2D eigenvalue weighted by atomic mass is 19.1. The molecule has 144 valence electrons. The normalized spacial score (nSPS) is 17.4. The minimum Gasteiger partial charge on any atom is -0.482 e. The van der Waals surface area contributed by atoms with Gasteiger partial charge in [-0.3, -0.25) is 4.90 Å². The third kappa shape index (κ3) is 5.05. The molecule has 1 heterocycles. The molecule has 3 rings (SSSR count). The van der Waals surface area contributed by atoms with Gasteiger partial charge in [-0.05, 0) is 55.9 Å². The maximum absolute atomic E-state index is 13.2. The number of nitrogens with zero attached hydrogens (tertiary/aromatic N) is 2. The van der Waals surface area contributed by atoms with Gasteiger partial charge in [0.1, 0.15) is 11.6 Å². The van der Waals surface area contributed by atoms with Crippen LogP contribution in [0.25, 0.3) is 11.1 Å². The summed E-state index contributed by atoms with van der Waals surface area (Å²) in [6.45, 7) is 2.27. The molecule has 1 N–H and O–H groups in total. The van der Waals surface area contributed by atoms with E-state index >= 15 is 0 Å². The van der Waals surface area contributed by atoms with Gasteiger partial charge >= 0.3 is 5.97 Å². The lowest BCUT2D eigenvalue weighted by molar-refractivity contribution is -0.139. The van der Waals surface area contributed by atoms with Crippen LogP contribution in [-0.2, 0) is 11.3 Å². The maximum Gasteiger partial charge on any atom is 0.341 e. The van der Waals surface area contributed by atoms with E-state index in [-0.39, 0.29) is 12.4 Å². The van der Waals surface area contributed by atoms with Crippen LogP contribution in [0.5, 0.6) is 5.75 Å². The number of carboxylic acid groups (broad SMARTS) is 1. The molecule has 5 nitrogen and oxygen atoms in total. The minimum atomic E-state index is -1.00. The predicted octanol–water partition coefficient (Wildman–Crippen LogP) is 3.09. The molecule has 0 radical (unpaired) electrons. The van der Waals surface area contributed by atoms with Crippen LogP contribution in [0.4, 0.5) is 4.39 Å². The van der Waals surface area contributed by atoms with Crippen LogP contribution in [0.15, 0.2) is 42.5 Å². The van der Waals surface area contributed by atoms with Crippen molar-refractivity contribution in [1.29, 1.82) is 0 Å². The highest BCUT2D eigenvalue weighted by Gasteiger charge is 2.24. The predicted molar refractivity (Wildman–Crippen MR) is 102 cm³/mol. The van der Waals surface area contributed by atoms with Gasteiger partial charge in [-0.15, -0.1) is 0 Å². The Labute approximate surface area is 159 Å². The van der Waals surface area contributed by atoms with Crippen molar-refractivity contribution in [2.24, 2.45) is 0 Å². The first kappa shape index (κ1) is 19.3. The monoisotopic (exact) mass is 372 g/mol. The molecule has 0 aliphatic carbocycles. The SMILES string of the molecule is CN(C)[C@@H]1CCN(Cc2cc(-c3ccc(F)cc3)ccc2OCC(=O)O)C1. The fourth-order valence-electron chi connectivity index (χ4n) is 3.42. The van der Waals surface area contributed by atoms with Crippen LogP contribution in [-0.4, -0.2) is 60.7 Å². The molecule has 2 aromatic rings. The molecular weight excluding hydrogens is 347 g/mol. The fraction of sp³-hybridized carbons (Fsp3) is 0.381. The molecule has 0 bridgehead atoms. The number of hydrogen-bond acceptors (Lipinski definition) is 4. The number of carboxylic acids is 1. The average molecular weight is 372 g/mol. The summed E-state index contributed by atoms with van der Waals surface area (Å²) in [4.78, 5) is 15.5. The van der Waals surface area contributed by atoms with Crippen molar-refractivity contribution in [3.8, 4) is 16.9 Å². The van der Waals surface area contributed by atoms with Crippen LogP contribution in [0.1, 0.15) is 12.0 Å². The molecule has 6 heteroatoms. The zero-order valence-electron chi connectivity index (χ0n) is 15.7. The number of hydrogen-bond donors (Lipinski definition) is 1. The molecule has 0 unspecified atom stereocenters. The number of ether oxygens (including phenoxy) is 1. The summed E-state index contributed by atoms with van der Waals surface area (Å²) in [5, 5.41) is 8.93. The molecule has 1 atom stereocenters. The Morgan fingerprint density at radius 2 is 1.93 bits per heavy atom. The van der Waals surface area contributed by atoms with E-state index in [4.69, 9.17) is 9.84 Å². The van der Waals surface area contributed by atoms with Crippen molar-refractivity contribution in [2.45, 2.75) is 19.0 Å². The van der Waals surface area contributed by atoms with E-state index < -0.39 is 5.97 Å². The molecule has 0 amide bonds. The van der Waals surface area contributed by atoms with E-state index in [9.17, 15) is 9.18 Å². The van der Waals surface area contributed by atoms with Crippen LogP contribution in [0.2, 0.25) is 0 Å². The van der Waals surface area contributed by atoms with Gasteiger partial charge in [0.2, 0.25) is 0 Å². The summed E-state index contributed by atoms with van der Waals surface area (Å²) in [5.41, 5.74) is 2.81. The topological polar surface area (TPSA) is 53.0 Å². The third-order valence-electron chi connectivity index (χ3n) is 4.96. The van der Waals surface area contributed by atoms with E-state index in [0.29, 0.717) is 18.3 Å². The average Bonchev–Trinajstić information content (AvgIpc) is 3.10. The Kier molecular flexibility index (Phi) is 6.08.